The van der Waals surface area contributed by atoms with E-state index in [4.69, 9.17) is 35.4 Å². The fourth-order valence-corrected chi connectivity index (χ4v) is 2.18. The van der Waals surface area contributed by atoms with Gasteiger partial charge in [-0.05, 0) is 55.0 Å². The number of rotatable bonds is 2. The van der Waals surface area contributed by atoms with Gasteiger partial charge in [0.2, 0.25) is 0 Å². The van der Waals surface area contributed by atoms with Gasteiger partial charge in [0, 0.05) is 5.69 Å². The van der Waals surface area contributed by atoms with E-state index >= 15 is 0 Å². The van der Waals surface area contributed by atoms with Crippen molar-refractivity contribution in [2.75, 3.05) is 10.6 Å². The van der Waals surface area contributed by atoms with Crippen molar-refractivity contribution < 1.29 is 4.39 Å². The number of aryl methyl sites for hydroxylation is 1. The fraction of sp³-hybridized carbons (Fsp3) is 0.0714. The van der Waals surface area contributed by atoms with Crippen molar-refractivity contribution in [3.05, 3.63) is 57.8 Å². The van der Waals surface area contributed by atoms with Crippen LogP contribution >= 0.6 is 35.4 Å². The molecule has 0 bridgehead atoms. The van der Waals surface area contributed by atoms with Crippen LogP contribution in [0.3, 0.4) is 0 Å². The molecule has 0 aromatic heterocycles. The molecule has 20 heavy (non-hydrogen) atoms. The smallest absolute Gasteiger partial charge is 0.175 e. The Morgan fingerprint density at radius 2 is 1.90 bits per heavy atom. The first-order chi connectivity index (χ1) is 9.47. The summed E-state index contributed by atoms with van der Waals surface area (Å²) in [5.74, 6) is -0.257. The highest BCUT2D eigenvalue weighted by atomic mass is 35.5. The Morgan fingerprint density at radius 3 is 2.60 bits per heavy atom. The first-order valence-electron chi connectivity index (χ1n) is 5.75. The zero-order valence-corrected chi connectivity index (χ0v) is 12.8. The molecule has 104 valence electrons. The van der Waals surface area contributed by atoms with Crippen LogP contribution in [0.1, 0.15) is 5.56 Å². The molecule has 2 aromatic carbocycles. The molecule has 2 rings (SSSR count). The Morgan fingerprint density at radius 1 is 1.15 bits per heavy atom. The maximum Gasteiger partial charge on any atom is 0.175 e. The first-order valence-corrected chi connectivity index (χ1v) is 6.92. The molecule has 0 spiro atoms. The molecule has 0 saturated heterocycles. The SMILES string of the molecule is Cc1cc(NC(=S)Nc2cccc(Cl)c2Cl)ccc1F. The number of hydrogen-bond acceptors (Lipinski definition) is 1. The van der Waals surface area contributed by atoms with Gasteiger partial charge in [0.1, 0.15) is 5.82 Å². The predicted molar refractivity (Wildman–Crippen MR) is 87.4 cm³/mol. The molecule has 2 aromatic rings. The molecule has 6 heteroatoms. The van der Waals surface area contributed by atoms with Crippen molar-refractivity contribution >= 4 is 51.9 Å². The molecule has 0 fully saturated rings. The van der Waals surface area contributed by atoms with Gasteiger partial charge in [-0.1, -0.05) is 29.3 Å². The van der Waals surface area contributed by atoms with E-state index in [1.54, 1.807) is 37.3 Å². The summed E-state index contributed by atoms with van der Waals surface area (Å²) in [5, 5.41) is 7.09. The van der Waals surface area contributed by atoms with E-state index in [9.17, 15) is 4.39 Å². The second-order valence-electron chi connectivity index (χ2n) is 4.14. The molecule has 0 unspecified atom stereocenters. The molecule has 0 heterocycles. The van der Waals surface area contributed by atoms with Gasteiger partial charge < -0.3 is 10.6 Å². The summed E-state index contributed by atoms with van der Waals surface area (Å²) in [6.45, 7) is 1.69. The zero-order chi connectivity index (χ0) is 14.7. The van der Waals surface area contributed by atoms with E-state index in [-0.39, 0.29) is 5.82 Å². The summed E-state index contributed by atoms with van der Waals surface area (Å²) in [6, 6.07) is 9.87. The van der Waals surface area contributed by atoms with Crippen LogP contribution in [0.15, 0.2) is 36.4 Å². The summed E-state index contributed by atoms with van der Waals surface area (Å²) in [7, 11) is 0. The van der Waals surface area contributed by atoms with Gasteiger partial charge in [-0.25, -0.2) is 4.39 Å². The van der Waals surface area contributed by atoms with Gasteiger partial charge in [0.25, 0.3) is 0 Å². The van der Waals surface area contributed by atoms with Crippen LogP contribution in [0, 0.1) is 12.7 Å². The van der Waals surface area contributed by atoms with Crippen molar-refractivity contribution in [3.63, 3.8) is 0 Å². The van der Waals surface area contributed by atoms with Crippen LogP contribution < -0.4 is 10.6 Å². The summed E-state index contributed by atoms with van der Waals surface area (Å²) >= 11 is 17.2. The normalized spacial score (nSPS) is 10.2. The lowest BCUT2D eigenvalue weighted by atomic mass is 10.2. The van der Waals surface area contributed by atoms with Crippen LogP contribution in [-0.4, -0.2) is 5.11 Å². The van der Waals surface area contributed by atoms with Crippen molar-refractivity contribution in [1.82, 2.24) is 0 Å². The van der Waals surface area contributed by atoms with Crippen LogP contribution in [0.25, 0.3) is 0 Å². The molecule has 2 N–H and O–H groups in total. The minimum absolute atomic E-state index is 0.257. The van der Waals surface area contributed by atoms with Crippen molar-refractivity contribution in [2.45, 2.75) is 6.92 Å². The summed E-state index contributed by atoms with van der Waals surface area (Å²) < 4.78 is 13.2. The molecule has 0 aliphatic carbocycles. The van der Waals surface area contributed by atoms with Gasteiger partial charge in [0.05, 0.1) is 15.7 Å². The average Bonchev–Trinajstić information content (AvgIpc) is 2.39. The molecule has 0 radical (unpaired) electrons. The minimum Gasteiger partial charge on any atom is -0.332 e. The monoisotopic (exact) mass is 328 g/mol. The summed E-state index contributed by atoms with van der Waals surface area (Å²) in [5.41, 5.74) is 1.84. The number of nitrogens with one attached hydrogen (secondary N) is 2. The Kier molecular flexibility index (Phi) is 4.81. The Balaban J connectivity index is 2.09. The van der Waals surface area contributed by atoms with Crippen LogP contribution in [-0.2, 0) is 0 Å². The molecule has 2 nitrogen and oxygen atoms in total. The summed E-state index contributed by atoms with van der Waals surface area (Å²) in [6.07, 6.45) is 0. The standard InChI is InChI=1S/C14H11Cl2FN2S/c1-8-7-9(5-6-11(8)17)18-14(20)19-12-4-2-3-10(15)13(12)16/h2-7H,1H3,(H2,18,19,20). The molecule has 0 atom stereocenters. The molecule has 0 aliphatic heterocycles. The van der Waals surface area contributed by atoms with E-state index in [1.807, 2.05) is 0 Å². The lowest BCUT2D eigenvalue weighted by Gasteiger charge is -2.12. The topological polar surface area (TPSA) is 24.1 Å². The number of halogens is 3. The third-order valence-corrected chi connectivity index (χ3v) is 3.64. The van der Waals surface area contributed by atoms with Crippen molar-refractivity contribution in [1.29, 1.82) is 0 Å². The number of hydrogen-bond donors (Lipinski definition) is 2. The maximum atomic E-state index is 13.2. The highest BCUT2D eigenvalue weighted by Crippen LogP contribution is 2.29. The average molecular weight is 329 g/mol. The van der Waals surface area contributed by atoms with Crippen LogP contribution in [0.5, 0.6) is 0 Å². The lowest BCUT2D eigenvalue weighted by molar-refractivity contribution is 0.619. The number of benzene rings is 2. The quantitative estimate of drug-likeness (QED) is 0.736. The molecular formula is C14H11Cl2FN2S. The second kappa shape index (κ2) is 6.39. The van der Waals surface area contributed by atoms with Crippen LogP contribution in [0.2, 0.25) is 10.0 Å². The van der Waals surface area contributed by atoms with E-state index in [0.717, 1.165) is 0 Å². The van der Waals surface area contributed by atoms with E-state index in [2.05, 4.69) is 10.6 Å². The third kappa shape index (κ3) is 3.60. The fourth-order valence-electron chi connectivity index (χ4n) is 1.61. The van der Waals surface area contributed by atoms with Gasteiger partial charge in [-0.15, -0.1) is 0 Å². The molecule has 0 amide bonds. The van der Waals surface area contributed by atoms with Gasteiger partial charge in [-0.2, -0.15) is 0 Å². The molecular weight excluding hydrogens is 318 g/mol. The molecule has 0 aliphatic rings. The van der Waals surface area contributed by atoms with E-state index in [1.165, 1.54) is 6.07 Å². The predicted octanol–water partition coefficient (Wildman–Crippen LogP) is 5.25. The zero-order valence-electron chi connectivity index (χ0n) is 10.5. The minimum atomic E-state index is -0.257. The molecule has 0 saturated carbocycles. The first kappa shape index (κ1) is 15.0. The van der Waals surface area contributed by atoms with E-state index < -0.39 is 0 Å². The highest BCUT2D eigenvalue weighted by molar-refractivity contribution is 7.80. The summed E-state index contributed by atoms with van der Waals surface area (Å²) in [4.78, 5) is 0. The Bertz CT molecular complexity index is 662. The Labute approximate surface area is 131 Å². The largest absolute Gasteiger partial charge is 0.332 e. The van der Waals surface area contributed by atoms with Gasteiger partial charge in [-0.3, -0.25) is 0 Å². The van der Waals surface area contributed by atoms with Crippen molar-refractivity contribution in [3.8, 4) is 0 Å². The third-order valence-electron chi connectivity index (χ3n) is 2.62. The number of anilines is 2. The number of thiocarbonyl (C=S) groups is 1. The lowest BCUT2D eigenvalue weighted by Crippen LogP contribution is -2.19. The van der Waals surface area contributed by atoms with Crippen LogP contribution in [0.4, 0.5) is 15.8 Å². The van der Waals surface area contributed by atoms with Crippen molar-refractivity contribution in [2.24, 2.45) is 0 Å². The maximum absolute atomic E-state index is 13.2. The second-order valence-corrected chi connectivity index (χ2v) is 5.34. The Hall–Kier alpha value is -1.36. The van der Waals surface area contributed by atoms with E-state index in [0.29, 0.717) is 32.1 Å². The van der Waals surface area contributed by atoms with Gasteiger partial charge in [0.15, 0.2) is 5.11 Å². The highest BCUT2D eigenvalue weighted by Gasteiger charge is 2.06. The van der Waals surface area contributed by atoms with Gasteiger partial charge >= 0.3 is 0 Å².